The Morgan fingerprint density at radius 3 is 2.32 bits per heavy atom. The number of carbonyl (C=O) groups is 1. The van der Waals surface area contributed by atoms with Crippen molar-refractivity contribution in [2.45, 2.75) is 6.54 Å². The van der Waals surface area contributed by atoms with Crippen LogP contribution in [-0.4, -0.2) is 15.9 Å². The molecule has 4 aromatic rings. The molecular weight excluding hydrogens is 415 g/mol. The minimum absolute atomic E-state index is 0.165. The Hall–Kier alpha value is -3.77. The maximum absolute atomic E-state index is 13.1. The van der Waals surface area contributed by atoms with Gasteiger partial charge in [0.05, 0.1) is 5.69 Å². The highest BCUT2D eigenvalue weighted by atomic mass is 35.5. The van der Waals surface area contributed by atoms with Gasteiger partial charge in [-0.05, 0) is 66.2 Å². The molecule has 1 heterocycles. The van der Waals surface area contributed by atoms with Gasteiger partial charge in [-0.3, -0.25) is 4.79 Å². The van der Waals surface area contributed by atoms with Crippen molar-refractivity contribution in [3.8, 4) is 11.3 Å². The zero-order valence-electron chi connectivity index (χ0n) is 16.3. The summed E-state index contributed by atoms with van der Waals surface area (Å²) in [6.45, 7) is 0.420. The van der Waals surface area contributed by atoms with Gasteiger partial charge in [0.1, 0.15) is 18.0 Å². The summed E-state index contributed by atoms with van der Waals surface area (Å²) in [5, 5.41) is 6.73. The number of hydrogen-bond acceptors (Lipinski definition) is 4. The molecule has 5 nitrogen and oxygen atoms in total. The molecule has 0 bridgehead atoms. The molecule has 0 saturated heterocycles. The number of nitrogens with zero attached hydrogens (tertiary/aromatic N) is 2. The van der Waals surface area contributed by atoms with Crippen LogP contribution < -0.4 is 10.6 Å². The third kappa shape index (κ3) is 5.43. The molecule has 0 aliphatic rings. The van der Waals surface area contributed by atoms with Crippen LogP contribution in [0.3, 0.4) is 0 Å². The van der Waals surface area contributed by atoms with Crippen LogP contribution >= 0.6 is 11.6 Å². The van der Waals surface area contributed by atoms with Crippen molar-refractivity contribution in [1.29, 1.82) is 0 Å². The molecule has 0 spiro atoms. The van der Waals surface area contributed by atoms with E-state index in [4.69, 9.17) is 11.6 Å². The van der Waals surface area contributed by atoms with Crippen LogP contribution in [0.15, 0.2) is 85.2 Å². The topological polar surface area (TPSA) is 66.9 Å². The molecule has 4 rings (SSSR count). The number of rotatable bonds is 6. The number of nitrogens with one attached hydrogen (secondary N) is 2. The van der Waals surface area contributed by atoms with Gasteiger partial charge in [-0.1, -0.05) is 23.7 Å². The standard InChI is InChI=1S/C24H18ClFN4O/c25-19-7-1-16(2-8-19)14-27-24(31)18-5-11-21(12-6-18)30-23-13-22(28-15-29-23)17-3-9-20(26)10-4-17/h1-13,15H,14H2,(H,27,31)(H,28,29,30). The van der Waals surface area contributed by atoms with Gasteiger partial charge in [-0.15, -0.1) is 0 Å². The lowest BCUT2D eigenvalue weighted by Gasteiger charge is -2.09. The van der Waals surface area contributed by atoms with Gasteiger partial charge in [0.15, 0.2) is 0 Å². The number of halogens is 2. The summed E-state index contributed by atoms with van der Waals surface area (Å²) in [4.78, 5) is 20.8. The largest absolute Gasteiger partial charge is 0.348 e. The fourth-order valence-corrected chi connectivity index (χ4v) is 3.07. The molecule has 0 fully saturated rings. The van der Waals surface area contributed by atoms with Crippen molar-refractivity contribution in [3.63, 3.8) is 0 Å². The van der Waals surface area contributed by atoms with E-state index >= 15 is 0 Å². The number of benzene rings is 3. The number of hydrogen-bond donors (Lipinski definition) is 2. The fraction of sp³-hybridized carbons (Fsp3) is 0.0417. The number of amides is 1. The molecule has 1 aromatic heterocycles. The molecule has 0 atom stereocenters. The van der Waals surface area contributed by atoms with Gasteiger partial charge in [0.2, 0.25) is 0 Å². The van der Waals surface area contributed by atoms with E-state index in [0.717, 1.165) is 16.8 Å². The van der Waals surface area contributed by atoms with Gasteiger partial charge in [-0.25, -0.2) is 14.4 Å². The van der Waals surface area contributed by atoms with Crippen molar-refractivity contribution in [1.82, 2.24) is 15.3 Å². The van der Waals surface area contributed by atoms with Crippen LogP contribution in [0, 0.1) is 5.82 Å². The SMILES string of the molecule is O=C(NCc1ccc(Cl)cc1)c1ccc(Nc2cc(-c3ccc(F)cc3)ncn2)cc1. The average molecular weight is 433 g/mol. The van der Waals surface area contributed by atoms with Gasteiger partial charge < -0.3 is 10.6 Å². The van der Waals surface area contributed by atoms with Crippen molar-refractivity contribution >= 4 is 29.0 Å². The lowest BCUT2D eigenvalue weighted by molar-refractivity contribution is 0.0951. The predicted octanol–water partition coefficient (Wildman–Crippen LogP) is 5.61. The Bertz CT molecular complexity index is 1180. The van der Waals surface area contributed by atoms with Crippen molar-refractivity contribution in [2.24, 2.45) is 0 Å². The van der Waals surface area contributed by atoms with Gasteiger partial charge in [0, 0.05) is 34.4 Å². The summed E-state index contributed by atoms with van der Waals surface area (Å²) >= 11 is 5.87. The van der Waals surface area contributed by atoms with Crippen molar-refractivity contribution in [2.75, 3.05) is 5.32 Å². The van der Waals surface area contributed by atoms with E-state index in [9.17, 15) is 9.18 Å². The highest BCUT2D eigenvalue weighted by Crippen LogP contribution is 2.21. The summed E-state index contributed by atoms with van der Waals surface area (Å²) in [7, 11) is 0. The zero-order valence-corrected chi connectivity index (χ0v) is 17.1. The lowest BCUT2D eigenvalue weighted by Crippen LogP contribution is -2.22. The summed E-state index contributed by atoms with van der Waals surface area (Å²) in [5.41, 5.74) is 3.76. The molecule has 0 aliphatic heterocycles. The normalized spacial score (nSPS) is 10.5. The van der Waals surface area contributed by atoms with Crippen molar-refractivity contribution in [3.05, 3.63) is 107 Å². The molecule has 0 aliphatic carbocycles. The molecular formula is C24H18ClFN4O. The summed E-state index contributed by atoms with van der Waals surface area (Å²) < 4.78 is 13.1. The Morgan fingerprint density at radius 2 is 1.61 bits per heavy atom. The smallest absolute Gasteiger partial charge is 0.251 e. The molecule has 31 heavy (non-hydrogen) atoms. The quantitative estimate of drug-likeness (QED) is 0.415. The minimum Gasteiger partial charge on any atom is -0.348 e. The van der Waals surface area contributed by atoms with Gasteiger partial charge in [0.25, 0.3) is 5.91 Å². The highest BCUT2D eigenvalue weighted by molar-refractivity contribution is 6.30. The van der Waals surface area contributed by atoms with Crippen LogP contribution in [0.25, 0.3) is 11.3 Å². The highest BCUT2D eigenvalue weighted by Gasteiger charge is 2.07. The maximum atomic E-state index is 13.1. The second-order valence-electron chi connectivity index (χ2n) is 6.81. The molecule has 0 saturated carbocycles. The number of aromatic nitrogens is 2. The summed E-state index contributed by atoms with van der Waals surface area (Å²) in [5.74, 6) is 0.129. The third-order valence-electron chi connectivity index (χ3n) is 4.59. The van der Waals surface area contributed by atoms with Crippen LogP contribution in [0.4, 0.5) is 15.9 Å². The first-order chi connectivity index (χ1) is 15.1. The van der Waals surface area contributed by atoms with Gasteiger partial charge >= 0.3 is 0 Å². The van der Waals surface area contributed by atoms with E-state index in [1.807, 2.05) is 12.1 Å². The average Bonchev–Trinajstić information content (AvgIpc) is 2.80. The number of anilines is 2. The molecule has 0 unspecified atom stereocenters. The molecule has 0 radical (unpaired) electrons. The molecule has 7 heteroatoms. The lowest BCUT2D eigenvalue weighted by atomic mass is 10.1. The first-order valence-electron chi connectivity index (χ1n) is 9.54. The van der Waals surface area contributed by atoms with E-state index in [1.165, 1.54) is 18.5 Å². The zero-order chi connectivity index (χ0) is 21.6. The van der Waals surface area contributed by atoms with Crippen LogP contribution in [-0.2, 0) is 6.54 Å². The molecule has 1 amide bonds. The van der Waals surface area contributed by atoms with E-state index in [1.54, 1.807) is 54.6 Å². The Kier molecular flexibility index (Phi) is 6.19. The monoisotopic (exact) mass is 432 g/mol. The first kappa shape index (κ1) is 20.5. The fourth-order valence-electron chi connectivity index (χ4n) is 2.94. The minimum atomic E-state index is -0.298. The maximum Gasteiger partial charge on any atom is 0.251 e. The van der Waals surface area contributed by atoms with Crippen LogP contribution in [0.1, 0.15) is 15.9 Å². The molecule has 154 valence electrons. The Labute approximate surface area is 184 Å². The predicted molar refractivity (Wildman–Crippen MR) is 120 cm³/mol. The van der Waals surface area contributed by atoms with Crippen molar-refractivity contribution < 1.29 is 9.18 Å². The summed E-state index contributed by atoms with van der Waals surface area (Å²) in [6, 6.07) is 22.3. The number of carbonyl (C=O) groups excluding carboxylic acids is 1. The Balaban J connectivity index is 1.39. The Morgan fingerprint density at radius 1 is 0.903 bits per heavy atom. The van der Waals surface area contributed by atoms with Crippen LogP contribution in [0.2, 0.25) is 5.02 Å². The molecule has 2 N–H and O–H groups in total. The second-order valence-corrected chi connectivity index (χ2v) is 7.24. The second kappa shape index (κ2) is 9.36. The molecule has 3 aromatic carbocycles. The van der Waals surface area contributed by atoms with Gasteiger partial charge in [-0.2, -0.15) is 0 Å². The summed E-state index contributed by atoms with van der Waals surface area (Å²) in [6.07, 6.45) is 1.44. The third-order valence-corrected chi connectivity index (χ3v) is 4.84. The van der Waals surface area contributed by atoms with E-state index < -0.39 is 0 Å². The van der Waals surface area contributed by atoms with Crippen LogP contribution in [0.5, 0.6) is 0 Å². The first-order valence-corrected chi connectivity index (χ1v) is 9.92. The van der Waals surface area contributed by atoms with E-state index in [2.05, 4.69) is 20.6 Å². The van der Waals surface area contributed by atoms with E-state index in [0.29, 0.717) is 28.6 Å². The van der Waals surface area contributed by atoms with E-state index in [-0.39, 0.29) is 11.7 Å².